The van der Waals surface area contributed by atoms with Gasteiger partial charge in [-0.1, -0.05) is 6.07 Å². The molecule has 0 saturated heterocycles. The molecule has 7 heteroatoms. The molecular formula is C18H14N6O. The van der Waals surface area contributed by atoms with Crippen molar-refractivity contribution in [3.63, 3.8) is 0 Å². The number of nitrogens with zero attached hydrogens (tertiary/aromatic N) is 5. The number of hydrogen-bond donors (Lipinski definition) is 1. The van der Waals surface area contributed by atoms with Crippen molar-refractivity contribution in [2.75, 3.05) is 5.32 Å². The van der Waals surface area contributed by atoms with Crippen LogP contribution in [0.4, 0.5) is 5.82 Å². The predicted molar refractivity (Wildman–Crippen MR) is 93.9 cm³/mol. The number of anilines is 1. The Morgan fingerprint density at radius 1 is 1.04 bits per heavy atom. The van der Waals surface area contributed by atoms with Crippen molar-refractivity contribution in [1.29, 1.82) is 0 Å². The van der Waals surface area contributed by atoms with E-state index in [2.05, 4.69) is 25.6 Å². The van der Waals surface area contributed by atoms with Gasteiger partial charge in [0.25, 0.3) is 5.91 Å². The summed E-state index contributed by atoms with van der Waals surface area (Å²) in [5, 5.41) is 16.1. The van der Waals surface area contributed by atoms with Gasteiger partial charge in [-0.3, -0.25) is 14.5 Å². The zero-order chi connectivity index (χ0) is 17.2. The van der Waals surface area contributed by atoms with E-state index in [1.54, 1.807) is 35.3 Å². The van der Waals surface area contributed by atoms with Crippen molar-refractivity contribution in [2.45, 2.75) is 0 Å². The Balaban J connectivity index is 1.66. The average Bonchev–Trinajstić information content (AvgIpc) is 3.08. The van der Waals surface area contributed by atoms with Crippen LogP contribution in [-0.4, -0.2) is 30.9 Å². The summed E-state index contributed by atoms with van der Waals surface area (Å²) >= 11 is 0. The molecule has 7 nitrogen and oxygen atoms in total. The van der Waals surface area contributed by atoms with Crippen LogP contribution in [0.2, 0.25) is 0 Å². The van der Waals surface area contributed by atoms with Crippen LogP contribution in [0.15, 0.2) is 61.2 Å². The molecule has 1 N–H and O–H groups in total. The average molecular weight is 330 g/mol. The Bertz CT molecular complexity index is 1060. The minimum absolute atomic E-state index is 0.250. The minimum atomic E-state index is -0.250. The Morgan fingerprint density at radius 3 is 2.64 bits per heavy atom. The molecule has 3 heterocycles. The highest BCUT2D eigenvalue weighted by Gasteiger charge is 2.09. The largest absolute Gasteiger partial charge is 0.305 e. The lowest BCUT2D eigenvalue weighted by atomic mass is 10.1. The van der Waals surface area contributed by atoms with Gasteiger partial charge in [0.1, 0.15) is 0 Å². The van der Waals surface area contributed by atoms with E-state index in [0.717, 1.165) is 22.0 Å². The van der Waals surface area contributed by atoms with Crippen molar-refractivity contribution >= 4 is 22.6 Å². The monoisotopic (exact) mass is 330 g/mol. The fourth-order valence-electron chi connectivity index (χ4n) is 2.55. The van der Waals surface area contributed by atoms with Gasteiger partial charge in [-0.25, -0.2) is 0 Å². The van der Waals surface area contributed by atoms with Crippen LogP contribution in [0, 0.1) is 0 Å². The number of nitrogens with one attached hydrogen (secondary N) is 1. The molecular weight excluding hydrogens is 316 g/mol. The van der Waals surface area contributed by atoms with Crippen LogP contribution >= 0.6 is 0 Å². The van der Waals surface area contributed by atoms with Gasteiger partial charge < -0.3 is 5.32 Å². The van der Waals surface area contributed by atoms with Crippen molar-refractivity contribution in [3.05, 3.63) is 66.7 Å². The number of aryl methyl sites for hydroxylation is 1. The fourth-order valence-corrected chi connectivity index (χ4v) is 2.55. The van der Waals surface area contributed by atoms with Gasteiger partial charge in [-0.05, 0) is 35.9 Å². The number of fused-ring (bicyclic) bond motifs is 1. The van der Waals surface area contributed by atoms with E-state index in [0.29, 0.717) is 11.4 Å². The summed E-state index contributed by atoms with van der Waals surface area (Å²) in [6.07, 6.45) is 6.89. The molecule has 122 valence electrons. The molecule has 25 heavy (non-hydrogen) atoms. The maximum absolute atomic E-state index is 12.2. The standard InChI is InChI=1S/C18H14N6O/c1-24-11-15(10-20-24)13-2-3-16-14(8-13)9-17(23-22-16)21-18(25)12-4-6-19-7-5-12/h2-11H,1H3,(H,21,23,25). The number of rotatable bonds is 3. The smallest absolute Gasteiger partial charge is 0.256 e. The summed E-state index contributed by atoms with van der Waals surface area (Å²) < 4.78 is 1.75. The summed E-state index contributed by atoms with van der Waals surface area (Å²) in [6, 6.07) is 11.0. The van der Waals surface area contributed by atoms with E-state index < -0.39 is 0 Å². The molecule has 0 bridgehead atoms. The van der Waals surface area contributed by atoms with Gasteiger partial charge in [0.15, 0.2) is 5.82 Å². The third-order valence-electron chi connectivity index (χ3n) is 3.81. The summed E-state index contributed by atoms with van der Waals surface area (Å²) in [6.45, 7) is 0. The molecule has 1 amide bonds. The van der Waals surface area contributed by atoms with E-state index >= 15 is 0 Å². The first-order chi connectivity index (χ1) is 12.2. The highest BCUT2D eigenvalue weighted by molar-refractivity contribution is 6.04. The molecule has 0 unspecified atom stereocenters. The number of amides is 1. The lowest BCUT2D eigenvalue weighted by Crippen LogP contribution is -2.13. The molecule has 4 rings (SSSR count). The third kappa shape index (κ3) is 3.07. The van der Waals surface area contributed by atoms with Crippen LogP contribution in [0.1, 0.15) is 10.4 Å². The van der Waals surface area contributed by atoms with Crippen LogP contribution in [0.5, 0.6) is 0 Å². The van der Waals surface area contributed by atoms with E-state index in [1.165, 1.54) is 0 Å². The second kappa shape index (κ2) is 6.12. The van der Waals surface area contributed by atoms with Gasteiger partial charge in [0.2, 0.25) is 0 Å². The molecule has 0 radical (unpaired) electrons. The minimum Gasteiger partial charge on any atom is -0.305 e. The SMILES string of the molecule is Cn1cc(-c2ccc3nnc(NC(=O)c4ccncc4)cc3c2)cn1. The molecule has 0 aliphatic rings. The maximum atomic E-state index is 12.2. The van der Waals surface area contributed by atoms with Gasteiger partial charge >= 0.3 is 0 Å². The first-order valence-corrected chi connectivity index (χ1v) is 7.67. The quantitative estimate of drug-likeness (QED) is 0.624. The lowest BCUT2D eigenvalue weighted by Gasteiger charge is -2.06. The molecule has 0 aliphatic carbocycles. The molecule has 0 atom stereocenters. The number of hydrogen-bond acceptors (Lipinski definition) is 5. The van der Waals surface area contributed by atoms with Gasteiger partial charge in [-0.2, -0.15) is 5.10 Å². The number of carbonyl (C=O) groups excluding carboxylic acids is 1. The van der Waals surface area contributed by atoms with Crippen molar-refractivity contribution < 1.29 is 4.79 Å². The molecule has 0 aliphatic heterocycles. The number of pyridine rings is 1. The van der Waals surface area contributed by atoms with Crippen LogP contribution in [-0.2, 0) is 7.05 Å². The molecule has 0 saturated carbocycles. The molecule has 4 aromatic rings. The van der Waals surface area contributed by atoms with E-state index in [4.69, 9.17) is 0 Å². The summed E-state index contributed by atoms with van der Waals surface area (Å²) in [7, 11) is 1.88. The summed E-state index contributed by atoms with van der Waals surface area (Å²) in [5.41, 5.74) is 3.32. The van der Waals surface area contributed by atoms with Crippen LogP contribution in [0.25, 0.3) is 22.0 Å². The second-order valence-corrected chi connectivity index (χ2v) is 5.60. The number of aromatic nitrogens is 5. The van der Waals surface area contributed by atoms with Crippen molar-refractivity contribution in [2.24, 2.45) is 7.05 Å². The Morgan fingerprint density at radius 2 is 1.88 bits per heavy atom. The molecule has 3 aromatic heterocycles. The zero-order valence-corrected chi connectivity index (χ0v) is 13.4. The Labute approximate surface area is 143 Å². The third-order valence-corrected chi connectivity index (χ3v) is 3.81. The maximum Gasteiger partial charge on any atom is 0.256 e. The summed E-state index contributed by atoms with van der Waals surface area (Å²) in [5.74, 6) is 0.150. The highest BCUT2D eigenvalue weighted by Crippen LogP contribution is 2.24. The van der Waals surface area contributed by atoms with Gasteiger partial charge in [0.05, 0.1) is 11.7 Å². The first-order valence-electron chi connectivity index (χ1n) is 7.67. The van der Waals surface area contributed by atoms with Gasteiger partial charge in [-0.15, -0.1) is 10.2 Å². The van der Waals surface area contributed by atoms with Gasteiger partial charge in [0, 0.05) is 42.2 Å². The highest BCUT2D eigenvalue weighted by atomic mass is 16.1. The Kier molecular flexibility index (Phi) is 3.66. The van der Waals surface area contributed by atoms with Crippen LogP contribution in [0.3, 0.4) is 0 Å². The normalized spacial score (nSPS) is 10.8. The Hall–Kier alpha value is -3.61. The van der Waals surface area contributed by atoms with Crippen LogP contribution < -0.4 is 5.32 Å². The number of carbonyl (C=O) groups is 1. The lowest BCUT2D eigenvalue weighted by molar-refractivity contribution is 0.102. The van der Waals surface area contributed by atoms with E-state index in [1.807, 2.05) is 37.6 Å². The zero-order valence-electron chi connectivity index (χ0n) is 13.4. The van der Waals surface area contributed by atoms with Crippen molar-refractivity contribution in [1.82, 2.24) is 25.0 Å². The predicted octanol–water partition coefficient (Wildman–Crippen LogP) is 2.68. The molecule has 0 fully saturated rings. The topological polar surface area (TPSA) is 85.6 Å². The second-order valence-electron chi connectivity index (χ2n) is 5.60. The molecule has 1 aromatic carbocycles. The summed E-state index contributed by atoms with van der Waals surface area (Å²) in [4.78, 5) is 16.1. The van der Waals surface area contributed by atoms with E-state index in [-0.39, 0.29) is 5.91 Å². The fraction of sp³-hybridized carbons (Fsp3) is 0.0556. The molecule has 0 spiro atoms. The number of benzene rings is 1. The first kappa shape index (κ1) is 14.9. The van der Waals surface area contributed by atoms with E-state index in [9.17, 15) is 4.79 Å². The van der Waals surface area contributed by atoms with Crippen molar-refractivity contribution in [3.8, 4) is 11.1 Å².